The van der Waals surface area contributed by atoms with Crippen LogP contribution in [0, 0.1) is 0 Å². The highest BCUT2D eigenvalue weighted by Gasteiger charge is 2.19. The molecule has 0 bridgehead atoms. The van der Waals surface area contributed by atoms with Crippen LogP contribution in [-0.4, -0.2) is 40.2 Å². The second-order valence-electron chi connectivity index (χ2n) is 3.99. The highest BCUT2D eigenvalue weighted by molar-refractivity contribution is 7.86. The SMILES string of the molecule is CCC(C)NC(=O)CS(=O)C(C)CC(=O)OC. The fourth-order valence-electron chi connectivity index (χ4n) is 1.10. The van der Waals surface area contributed by atoms with Gasteiger partial charge in [0, 0.05) is 22.1 Å². The molecule has 0 heterocycles. The predicted octanol–water partition coefficient (Wildman–Crippen LogP) is 0.601. The van der Waals surface area contributed by atoms with Crippen LogP contribution in [0.25, 0.3) is 0 Å². The summed E-state index contributed by atoms with van der Waals surface area (Å²) in [6.45, 7) is 5.52. The van der Waals surface area contributed by atoms with E-state index < -0.39 is 16.8 Å². The van der Waals surface area contributed by atoms with E-state index in [9.17, 15) is 13.8 Å². The maximum absolute atomic E-state index is 11.7. The lowest BCUT2D eigenvalue weighted by molar-refractivity contribution is -0.140. The van der Waals surface area contributed by atoms with E-state index in [1.54, 1.807) is 6.92 Å². The lowest BCUT2D eigenvalue weighted by Gasteiger charge is -2.13. The van der Waals surface area contributed by atoms with E-state index in [-0.39, 0.29) is 29.4 Å². The number of esters is 1. The standard InChI is InChI=1S/C11H21NO4S/c1-5-8(2)12-10(13)7-17(15)9(3)6-11(14)16-4/h8-9H,5-7H2,1-4H3,(H,12,13). The maximum Gasteiger partial charge on any atom is 0.306 e. The molecule has 0 aromatic heterocycles. The van der Waals surface area contributed by atoms with Crippen molar-refractivity contribution in [2.75, 3.05) is 12.9 Å². The van der Waals surface area contributed by atoms with Crippen LogP contribution in [0.2, 0.25) is 0 Å². The molecule has 0 aliphatic carbocycles. The largest absolute Gasteiger partial charge is 0.469 e. The van der Waals surface area contributed by atoms with Crippen LogP contribution < -0.4 is 5.32 Å². The van der Waals surface area contributed by atoms with Crippen molar-refractivity contribution in [2.24, 2.45) is 0 Å². The van der Waals surface area contributed by atoms with E-state index in [2.05, 4.69) is 10.1 Å². The predicted molar refractivity (Wildman–Crippen MR) is 67.0 cm³/mol. The number of hydrogen-bond acceptors (Lipinski definition) is 4. The van der Waals surface area contributed by atoms with Gasteiger partial charge in [-0.2, -0.15) is 0 Å². The molecule has 5 nitrogen and oxygen atoms in total. The van der Waals surface area contributed by atoms with Gasteiger partial charge in [-0.05, 0) is 13.3 Å². The average molecular weight is 263 g/mol. The highest BCUT2D eigenvalue weighted by atomic mass is 32.2. The number of ether oxygens (including phenoxy) is 1. The lowest BCUT2D eigenvalue weighted by Crippen LogP contribution is -2.36. The van der Waals surface area contributed by atoms with Crippen LogP contribution in [0.15, 0.2) is 0 Å². The van der Waals surface area contributed by atoms with E-state index in [0.717, 1.165) is 6.42 Å². The summed E-state index contributed by atoms with van der Waals surface area (Å²) >= 11 is 0. The minimum Gasteiger partial charge on any atom is -0.469 e. The van der Waals surface area contributed by atoms with Crippen molar-refractivity contribution in [1.29, 1.82) is 0 Å². The molecular formula is C11H21NO4S. The summed E-state index contributed by atoms with van der Waals surface area (Å²) in [5, 5.41) is 2.36. The number of hydrogen-bond donors (Lipinski definition) is 1. The molecule has 0 saturated carbocycles. The third kappa shape index (κ3) is 7.10. The van der Waals surface area contributed by atoms with Crippen molar-refractivity contribution in [1.82, 2.24) is 5.32 Å². The van der Waals surface area contributed by atoms with Crippen LogP contribution in [0.1, 0.15) is 33.6 Å². The Morgan fingerprint density at radius 1 is 1.35 bits per heavy atom. The molecule has 0 rings (SSSR count). The smallest absolute Gasteiger partial charge is 0.306 e. The van der Waals surface area contributed by atoms with Crippen molar-refractivity contribution in [3.05, 3.63) is 0 Å². The molecule has 0 saturated heterocycles. The zero-order chi connectivity index (χ0) is 13.4. The third-order valence-corrected chi connectivity index (χ3v) is 4.03. The van der Waals surface area contributed by atoms with Crippen LogP contribution in [-0.2, 0) is 25.1 Å². The van der Waals surface area contributed by atoms with Gasteiger partial charge in [0.05, 0.1) is 13.5 Å². The Bertz CT molecular complexity index is 293. The molecule has 0 radical (unpaired) electrons. The number of rotatable bonds is 7. The summed E-state index contributed by atoms with van der Waals surface area (Å²) in [5.74, 6) is -0.717. The lowest BCUT2D eigenvalue weighted by atomic mass is 10.3. The van der Waals surface area contributed by atoms with Crippen molar-refractivity contribution in [3.8, 4) is 0 Å². The normalized spacial score (nSPS) is 15.8. The van der Waals surface area contributed by atoms with E-state index in [0.29, 0.717) is 0 Å². The van der Waals surface area contributed by atoms with Gasteiger partial charge < -0.3 is 10.1 Å². The fraction of sp³-hybridized carbons (Fsp3) is 0.818. The maximum atomic E-state index is 11.7. The quantitative estimate of drug-likeness (QED) is 0.683. The molecule has 0 aliphatic rings. The summed E-state index contributed by atoms with van der Waals surface area (Å²) in [4.78, 5) is 22.4. The zero-order valence-corrected chi connectivity index (χ0v) is 11.6. The first kappa shape index (κ1) is 16.1. The first-order chi connectivity index (χ1) is 7.90. The fourth-order valence-corrected chi connectivity index (χ4v) is 2.05. The molecule has 0 spiro atoms. The van der Waals surface area contributed by atoms with E-state index in [1.807, 2.05) is 13.8 Å². The molecule has 100 valence electrons. The Labute approximate surface area is 105 Å². The summed E-state index contributed by atoms with van der Waals surface area (Å²) in [6, 6.07) is 0.0791. The topological polar surface area (TPSA) is 72.5 Å². The zero-order valence-electron chi connectivity index (χ0n) is 10.8. The summed E-state index contributed by atoms with van der Waals surface area (Å²) in [6.07, 6.45) is 0.899. The molecule has 0 aliphatic heterocycles. The molecular weight excluding hydrogens is 242 g/mol. The van der Waals surface area contributed by atoms with Crippen molar-refractivity contribution < 1.29 is 18.5 Å². The van der Waals surface area contributed by atoms with Gasteiger partial charge in [0.1, 0.15) is 5.75 Å². The van der Waals surface area contributed by atoms with E-state index >= 15 is 0 Å². The van der Waals surface area contributed by atoms with Gasteiger partial charge in [-0.15, -0.1) is 0 Å². The van der Waals surface area contributed by atoms with Crippen LogP contribution in [0.4, 0.5) is 0 Å². The number of amides is 1. The van der Waals surface area contributed by atoms with E-state index in [1.165, 1.54) is 7.11 Å². The average Bonchev–Trinajstić information content (AvgIpc) is 2.28. The Kier molecular flexibility index (Phi) is 7.78. The van der Waals surface area contributed by atoms with Crippen molar-refractivity contribution in [2.45, 2.75) is 44.9 Å². The minimum atomic E-state index is -1.35. The molecule has 6 heteroatoms. The van der Waals surface area contributed by atoms with Crippen molar-refractivity contribution >= 4 is 22.7 Å². The summed E-state index contributed by atoms with van der Waals surface area (Å²) in [5.41, 5.74) is 0. The van der Waals surface area contributed by atoms with Crippen LogP contribution in [0.5, 0.6) is 0 Å². The second kappa shape index (κ2) is 8.22. The van der Waals surface area contributed by atoms with Gasteiger partial charge in [-0.25, -0.2) is 0 Å². The molecule has 1 amide bonds. The minimum absolute atomic E-state index is 0.0670. The Morgan fingerprint density at radius 2 is 1.94 bits per heavy atom. The molecule has 0 aromatic rings. The number of nitrogens with one attached hydrogen (secondary N) is 1. The molecule has 0 fully saturated rings. The van der Waals surface area contributed by atoms with Gasteiger partial charge in [0.2, 0.25) is 5.91 Å². The molecule has 3 unspecified atom stereocenters. The number of carbonyl (C=O) groups excluding carboxylic acids is 2. The summed E-state index contributed by atoms with van der Waals surface area (Å²) in [7, 11) is -0.0630. The Balaban J connectivity index is 4.07. The van der Waals surface area contributed by atoms with Gasteiger partial charge >= 0.3 is 5.97 Å². The van der Waals surface area contributed by atoms with Crippen LogP contribution in [0.3, 0.4) is 0 Å². The second-order valence-corrected chi connectivity index (χ2v) is 5.85. The van der Waals surface area contributed by atoms with Gasteiger partial charge in [0.15, 0.2) is 0 Å². The van der Waals surface area contributed by atoms with E-state index in [4.69, 9.17) is 0 Å². The summed E-state index contributed by atoms with van der Waals surface area (Å²) < 4.78 is 16.2. The first-order valence-corrected chi connectivity index (χ1v) is 7.02. The Hall–Kier alpha value is -0.910. The van der Waals surface area contributed by atoms with Crippen LogP contribution >= 0.6 is 0 Å². The van der Waals surface area contributed by atoms with Gasteiger partial charge in [-0.1, -0.05) is 13.8 Å². The Morgan fingerprint density at radius 3 is 2.41 bits per heavy atom. The molecule has 0 aromatic carbocycles. The monoisotopic (exact) mass is 263 g/mol. The highest BCUT2D eigenvalue weighted by Crippen LogP contribution is 2.03. The van der Waals surface area contributed by atoms with Crippen molar-refractivity contribution in [3.63, 3.8) is 0 Å². The molecule has 1 N–H and O–H groups in total. The molecule has 3 atom stereocenters. The molecule has 17 heavy (non-hydrogen) atoms. The van der Waals surface area contributed by atoms with Gasteiger partial charge in [-0.3, -0.25) is 13.8 Å². The first-order valence-electron chi connectivity index (χ1n) is 5.64. The van der Waals surface area contributed by atoms with Gasteiger partial charge in [0.25, 0.3) is 0 Å². The number of carbonyl (C=O) groups is 2. The third-order valence-electron chi connectivity index (χ3n) is 2.42. The number of methoxy groups -OCH3 is 1.